The maximum atomic E-state index is 2.24. The quantitative estimate of drug-likeness (QED) is 0.558. The third-order valence-electron chi connectivity index (χ3n) is 2.12. The molecule has 0 radical (unpaired) electrons. The Morgan fingerprint density at radius 1 is 1.00 bits per heavy atom. The Bertz CT molecular complexity index is 272. The smallest absolute Gasteiger partial charge is 0.0307 e. The number of hydrogen-bond donors (Lipinski definition) is 0. The van der Waals surface area contributed by atoms with Gasteiger partial charge in [0.2, 0.25) is 0 Å². The van der Waals surface area contributed by atoms with Gasteiger partial charge in [-0.15, -0.1) is 0 Å². The van der Waals surface area contributed by atoms with E-state index in [9.17, 15) is 0 Å². The van der Waals surface area contributed by atoms with Crippen LogP contribution < -0.4 is 0 Å². The Balaban J connectivity index is 4.75. The van der Waals surface area contributed by atoms with Crippen molar-refractivity contribution in [3.05, 3.63) is 47.1 Å². The monoisotopic (exact) mass is 190 g/mol. The van der Waals surface area contributed by atoms with Gasteiger partial charge in [0.05, 0.1) is 0 Å². The SMILES string of the molecule is C/C=C/C(C)=C/C(=C/C(C)=C/C)CC. The van der Waals surface area contributed by atoms with Crippen LogP contribution in [0.5, 0.6) is 0 Å². The summed E-state index contributed by atoms with van der Waals surface area (Å²) in [4.78, 5) is 0. The molecule has 0 atom stereocenters. The molecule has 0 unspecified atom stereocenters. The molecule has 0 heterocycles. The first-order valence-electron chi connectivity index (χ1n) is 5.28. The van der Waals surface area contributed by atoms with Crippen LogP contribution in [0.2, 0.25) is 0 Å². The van der Waals surface area contributed by atoms with Crippen LogP contribution in [0.3, 0.4) is 0 Å². The van der Waals surface area contributed by atoms with Crippen LogP contribution in [-0.2, 0) is 0 Å². The van der Waals surface area contributed by atoms with E-state index < -0.39 is 0 Å². The lowest BCUT2D eigenvalue weighted by Gasteiger charge is -1.99. The lowest BCUT2D eigenvalue weighted by molar-refractivity contribution is 1.13. The van der Waals surface area contributed by atoms with Crippen molar-refractivity contribution in [2.75, 3.05) is 0 Å². The molecule has 0 nitrogen and oxygen atoms in total. The zero-order chi connectivity index (χ0) is 11.0. The van der Waals surface area contributed by atoms with Gasteiger partial charge in [0.15, 0.2) is 0 Å². The number of allylic oxidation sites excluding steroid dienone is 8. The fourth-order valence-electron chi connectivity index (χ4n) is 1.22. The summed E-state index contributed by atoms with van der Waals surface area (Å²) < 4.78 is 0. The molecule has 0 fully saturated rings. The van der Waals surface area contributed by atoms with Gasteiger partial charge >= 0.3 is 0 Å². The molecule has 0 aromatic heterocycles. The average Bonchev–Trinajstić information content (AvgIpc) is 2.16. The number of rotatable bonds is 4. The third kappa shape index (κ3) is 5.58. The normalized spacial score (nSPS) is 15.4. The topological polar surface area (TPSA) is 0 Å². The Kier molecular flexibility index (Phi) is 6.82. The molecule has 0 bridgehead atoms. The lowest BCUT2D eigenvalue weighted by atomic mass is 10.1. The van der Waals surface area contributed by atoms with Crippen molar-refractivity contribution in [2.24, 2.45) is 0 Å². The Hall–Kier alpha value is -1.04. The van der Waals surface area contributed by atoms with Gasteiger partial charge in [0.1, 0.15) is 0 Å². The summed E-state index contributed by atoms with van der Waals surface area (Å²) in [6.45, 7) is 10.6. The second-order valence-corrected chi connectivity index (χ2v) is 3.49. The van der Waals surface area contributed by atoms with E-state index in [1.165, 1.54) is 16.7 Å². The van der Waals surface area contributed by atoms with E-state index in [1.807, 2.05) is 6.92 Å². The molecule has 0 aromatic rings. The van der Waals surface area contributed by atoms with Crippen LogP contribution in [0.1, 0.15) is 41.0 Å². The molecule has 0 heteroatoms. The van der Waals surface area contributed by atoms with Crippen LogP contribution in [0.15, 0.2) is 47.1 Å². The largest absolute Gasteiger partial charge is 0.0874 e. The molecule has 0 aromatic carbocycles. The van der Waals surface area contributed by atoms with E-state index in [0.717, 1.165) is 6.42 Å². The number of hydrogen-bond acceptors (Lipinski definition) is 0. The Morgan fingerprint density at radius 2 is 1.64 bits per heavy atom. The Labute approximate surface area is 88.7 Å². The highest BCUT2D eigenvalue weighted by atomic mass is 14.0. The first-order valence-corrected chi connectivity index (χ1v) is 5.28. The second kappa shape index (κ2) is 7.37. The van der Waals surface area contributed by atoms with Crippen molar-refractivity contribution in [1.82, 2.24) is 0 Å². The first-order chi connectivity index (χ1) is 6.63. The second-order valence-electron chi connectivity index (χ2n) is 3.49. The van der Waals surface area contributed by atoms with Gasteiger partial charge in [-0.3, -0.25) is 0 Å². The van der Waals surface area contributed by atoms with Crippen molar-refractivity contribution in [1.29, 1.82) is 0 Å². The van der Waals surface area contributed by atoms with Crippen LogP contribution >= 0.6 is 0 Å². The van der Waals surface area contributed by atoms with Gasteiger partial charge in [-0.2, -0.15) is 0 Å². The lowest BCUT2D eigenvalue weighted by Crippen LogP contribution is -1.79. The van der Waals surface area contributed by atoms with Crippen molar-refractivity contribution in [3.63, 3.8) is 0 Å². The molecule has 0 saturated heterocycles. The maximum absolute atomic E-state index is 2.24. The van der Waals surface area contributed by atoms with E-state index in [-0.39, 0.29) is 0 Å². The summed E-state index contributed by atoms with van der Waals surface area (Å²) in [5, 5.41) is 0. The third-order valence-corrected chi connectivity index (χ3v) is 2.12. The average molecular weight is 190 g/mol. The molecule has 0 amide bonds. The van der Waals surface area contributed by atoms with Crippen molar-refractivity contribution in [2.45, 2.75) is 41.0 Å². The van der Waals surface area contributed by atoms with Crippen LogP contribution in [0.4, 0.5) is 0 Å². The van der Waals surface area contributed by atoms with Crippen molar-refractivity contribution in [3.8, 4) is 0 Å². The molecule has 0 N–H and O–H groups in total. The minimum atomic E-state index is 1.08. The van der Waals surface area contributed by atoms with Crippen LogP contribution in [0.25, 0.3) is 0 Å². The standard InChI is InChI=1S/C14H22/c1-6-9-13(5)11-14(8-3)10-12(4)7-2/h6-7,9-11H,8H2,1-5H3/b9-6+,12-7+,13-11+,14-10+. The van der Waals surface area contributed by atoms with E-state index in [4.69, 9.17) is 0 Å². The minimum absolute atomic E-state index is 1.08. The van der Waals surface area contributed by atoms with Crippen molar-refractivity contribution >= 4 is 0 Å². The van der Waals surface area contributed by atoms with Gasteiger partial charge in [-0.25, -0.2) is 0 Å². The fourth-order valence-corrected chi connectivity index (χ4v) is 1.22. The van der Waals surface area contributed by atoms with Gasteiger partial charge < -0.3 is 0 Å². The van der Waals surface area contributed by atoms with Crippen LogP contribution in [-0.4, -0.2) is 0 Å². The van der Waals surface area contributed by atoms with E-state index in [1.54, 1.807) is 0 Å². The molecule has 78 valence electrons. The van der Waals surface area contributed by atoms with E-state index >= 15 is 0 Å². The molecule has 0 aliphatic heterocycles. The van der Waals surface area contributed by atoms with Gasteiger partial charge in [-0.05, 0) is 39.7 Å². The molecular weight excluding hydrogens is 168 g/mol. The summed E-state index contributed by atoms with van der Waals surface area (Å²) in [6.07, 6.45) is 11.9. The van der Waals surface area contributed by atoms with E-state index in [2.05, 4.69) is 58.1 Å². The zero-order valence-electron chi connectivity index (χ0n) is 10.1. The summed E-state index contributed by atoms with van der Waals surface area (Å²) in [7, 11) is 0. The first kappa shape index (κ1) is 13.0. The summed E-state index contributed by atoms with van der Waals surface area (Å²) >= 11 is 0. The summed E-state index contributed by atoms with van der Waals surface area (Å²) in [5.74, 6) is 0. The predicted molar refractivity (Wildman–Crippen MR) is 66.4 cm³/mol. The fraction of sp³-hybridized carbons (Fsp3) is 0.429. The highest BCUT2D eigenvalue weighted by Crippen LogP contribution is 2.11. The molecule has 0 saturated carbocycles. The summed E-state index contributed by atoms with van der Waals surface area (Å²) in [5.41, 5.74) is 4.02. The molecule has 0 aliphatic carbocycles. The zero-order valence-corrected chi connectivity index (χ0v) is 10.1. The van der Waals surface area contributed by atoms with Gasteiger partial charge in [0.25, 0.3) is 0 Å². The highest BCUT2D eigenvalue weighted by Gasteiger charge is 1.90. The Morgan fingerprint density at radius 3 is 2.07 bits per heavy atom. The molecule has 0 spiro atoms. The predicted octanol–water partition coefficient (Wildman–Crippen LogP) is 4.81. The molecule has 14 heavy (non-hydrogen) atoms. The van der Waals surface area contributed by atoms with Gasteiger partial charge in [-0.1, -0.05) is 48.5 Å². The highest BCUT2D eigenvalue weighted by molar-refractivity contribution is 5.33. The van der Waals surface area contributed by atoms with Crippen molar-refractivity contribution < 1.29 is 0 Å². The molecule has 0 rings (SSSR count). The summed E-state index contributed by atoms with van der Waals surface area (Å²) in [6, 6.07) is 0. The maximum Gasteiger partial charge on any atom is -0.0307 e. The minimum Gasteiger partial charge on any atom is -0.0874 e. The molecular formula is C14H22. The van der Waals surface area contributed by atoms with Crippen LogP contribution in [0, 0.1) is 0 Å². The van der Waals surface area contributed by atoms with Gasteiger partial charge in [0, 0.05) is 0 Å². The van der Waals surface area contributed by atoms with E-state index in [0.29, 0.717) is 0 Å². The molecule has 0 aliphatic rings.